The molecule has 5 nitrogen and oxygen atoms in total. The van der Waals surface area contributed by atoms with Gasteiger partial charge in [0.1, 0.15) is 17.2 Å². The van der Waals surface area contributed by atoms with Gasteiger partial charge >= 0.3 is 12.4 Å². The number of aromatic nitrogens is 2. The smallest absolute Gasteiger partial charge is 0.338 e. The molecule has 5 rings (SSSR count). The average Bonchev–Trinajstić information content (AvgIpc) is 3.26. The minimum Gasteiger partial charge on any atom is -0.338 e. The fourth-order valence-corrected chi connectivity index (χ4v) is 4.91. The van der Waals surface area contributed by atoms with Crippen molar-refractivity contribution in [2.24, 2.45) is 0 Å². The van der Waals surface area contributed by atoms with Crippen LogP contribution in [0, 0.1) is 5.82 Å². The van der Waals surface area contributed by atoms with Crippen LogP contribution in [0.15, 0.2) is 66.7 Å². The number of anilines is 1. The van der Waals surface area contributed by atoms with Crippen molar-refractivity contribution in [2.75, 3.05) is 11.0 Å². The van der Waals surface area contributed by atoms with Crippen LogP contribution in [-0.4, -0.2) is 24.6 Å². The number of rotatable bonds is 4. The van der Waals surface area contributed by atoms with E-state index in [9.17, 15) is 39.2 Å². The van der Waals surface area contributed by atoms with E-state index in [0.717, 1.165) is 12.3 Å². The van der Waals surface area contributed by atoms with Crippen molar-refractivity contribution in [1.82, 2.24) is 9.97 Å². The van der Waals surface area contributed by atoms with Gasteiger partial charge in [-0.3, -0.25) is 4.72 Å². The van der Waals surface area contributed by atoms with Crippen molar-refractivity contribution in [2.45, 2.75) is 12.4 Å². The molecule has 0 saturated carbocycles. The molecule has 4 aromatic carbocycles. The summed E-state index contributed by atoms with van der Waals surface area (Å²) >= 11 is 0. The Balaban J connectivity index is 1.68. The molecular formula is C26H16F7N3O2S. The third-order valence-corrected chi connectivity index (χ3v) is 6.56. The first-order valence-corrected chi connectivity index (χ1v) is 13.0. The Morgan fingerprint density at radius 1 is 0.821 bits per heavy atom. The van der Waals surface area contributed by atoms with Crippen molar-refractivity contribution < 1.29 is 39.2 Å². The average molecular weight is 567 g/mol. The summed E-state index contributed by atoms with van der Waals surface area (Å²) in [6.45, 7) is 0. The molecule has 0 spiro atoms. The summed E-state index contributed by atoms with van der Waals surface area (Å²) in [5, 5.41) is 1.03. The van der Waals surface area contributed by atoms with Crippen molar-refractivity contribution >= 4 is 37.5 Å². The van der Waals surface area contributed by atoms with Crippen molar-refractivity contribution in [3.05, 3.63) is 83.7 Å². The van der Waals surface area contributed by atoms with Gasteiger partial charge in [-0.1, -0.05) is 36.4 Å². The Labute approximate surface area is 216 Å². The van der Waals surface area contributed by atoms with E-state index in [0.29, 0.717) is 33.5 Å². The van der Waals surface area contributed by atoms with Gasteiger partial charge in [-0.25, -0.2) is 17.8 Å². The maximum atomic E-state index is 14.7. The van der Waals surface area contributed by atoms with Crippen LogP contribution in [0.3, 0.4) is 0 Å². The molecule has 0 aliphatic heterocycles. The molecule has 0 atom stereocenters. The predicted octanol–water partition coefficient (Wildman–Crippen LogP) is 7.60. The number of nitrogens with one attached hydrogen (secondary N) is 2. The van der Waals surface area contributed by atoms with Gasteiger partial charge in [0.05, 0.1) is 28.6 Å². The molecule has 0 bridgehead atoms. The monoisotopic (exact) mass is 567 g/mol. The minimum atomic E-state index is -5.08. The fraction of sp³-hybridized carbons (Fsp3) is 0.115. The second-order valence-electron chi connectivity index (χ2n) is 8.78. The number of alkyl halides is 6. The molecule has 0 saturated heterocycles. The number of aromatic amines is 1. The van der Waals surface area contributed by atoms with E-state index >= 15 is 0 Å². The van der Waals surface area contributed by atoms with Crippen LogP contribution in [0.25, 0.3) is 44.3 Å². The minimum absolute atomic E-state index is 0.0327. The molecular weight excluding hydrogens is 551 g/mol. The van der Waals surface area contributed by atoms with Crippen molar-refractivity contribution in [3.8, 4) is 22.5 Å². The zero-order valence-corrected chi connectivity index (χ0v) is 20.5. The number of hydrogen-bond acceptors (Lipinski definition) is 3. The molecule has 39 heavy (non-hydrogen) atoms. The van der Waals surface area contributed by atoms with Gasteiger partial charge in [-0.15, -0.1) is 0 Å². The predicted molar refractivity (Wildman–Crippen MR) is 133 cm³/mol. The van der Waals surface area contributed by atoms with Crippen LogP contribution in [-0.2, 0) is 22.4 Å². The van der Waals surface area contributed by atoms with E-state index in [2.05, 4.69) is 14.7 Å². The highest BCUT2D eigenvalue weighted by Crippen LogP contribution is 2.41. The summed E-state index contributed by atoms with van der Waals surface area (Å²) in [5.41, 5.74) is -3.11. The van der Waals surface area contributed by atoms with Gasteiger partial charge in [-0.2, -0.15) is 26.3 Å². The molecule has 5 aromatic rings. The zero-order valence-electron chi connectivity index (χ0n) is 19.7. The Kier molecular flexibility index (Phi) is 6.09. The number of halogens is 7. The van der Waals surface area contributed by atoms with Crippen LogP contribution >= 0.6 is 0 Å². The largest absolute Gasteiger partial charge is 0.418 e. The molecule has 1 heterocycles. The molecule has 13 heteroatoms. The van der Waals surface area contributed by atoms with Crippen LogP contribution in [0.2, 0.25) is 0 Å². The van der Waals surface area contributed by atoms with Gasteiger partial charge in [0.15, 0.2) is 0 Å². The maximum Gasteiger partial charge on any atom is 0.418 e. The summed E-state index contributed by atoms with van der Waals surface area (Å²) < 4.78 is 121. The van der Waals surface area contributed by atoms with Crippen molar-refractivity contribution in [3.63, 3.8) is 0 Å². The summed E-state index contributed by atoms with van der Waals surface area (Å²) in [7, 11) is -3.72. The van der Waals surface area contributed by atoms with E-state index in [4.69, 9.17) is 0 Å². The molecule has 0 unspecified atom stereocenters. The first-order chi connectivity index (χ1) is 18.1. The molecule has 202 valence electrons. The van der Waals surface area contributed by atoms with Gasteiger partial charge in [0.25, 0.3) is 0 Å². The first-order valence-electron chi connectivity index (χ1n) is 11.1. The molecule has 0 aliphatic carbocycles. The first kappa shape index (κ1) is 26.5. The molecule has 1 aromatic heterocycles. The van der Waals surface area contributed by atoms with E-state index in [1.165, 1.54) is 18.2 Å². The number of H-pyrrole nitrogens is 1. The van der Waals surface area contributed by atoms with E-state index in [-0.39, 0.29) is 17.6 Å². The topological polar surface area (TPSA) is 74.8 Å². The lowest BCUT2D eigenvalue weighted by molar-refractivity contribution is -0.142. The fourth-order valence-electron chi connectivity index (χ4n) is 4.35. The number of benzene rings is 4. The lowest BCUT2D eigenvalue weighted by atomic mass is 9.94. The van der Waals surface area contributed by atoms with Crippen molar-refractivity contribution in [1.29, 1.82) is 0 Å². The molecule has 0 amide bonds. The summed E-state index contributed by atoms with van der Waals surface area (Å²) in [6, 6.07) is 14.2. The normalized spacial score (nSPS) is 12.8. The lowest BCUT2D eigenvalue weighted by Crippen LogP contribution is -2.11. The summed E-state index contributed by atoms with van der Waals surface area (Å²) in [6.07, 6.45) is -9.21. The van der Waals surface area contributed by atoms with Crippen LogP contribution in [0.5, 0.6) is 0 Å². The van der Waals surface area contributed by atoms with E-state index < -0.39 is 50.4 Å². The second-order valence-corrected chi connectivity index (χ2v) is 10.5. The summed E-state index contributed by atoms with van der Waals surface area (Å²) in [5.74, 6) is -0.917. The van der Waals surface area contributed by atoms with Gasteiger partial charge in [0.2, 0.25) is 10.0 Å². The van der Waals surface area contributed by atoms with Crippen LogP contribution in [0.1, 0.15) is 11.1 Å². The number of imidazole rings is 1. The van der Waals surface area contributed by atoms with Gasteiger partial charge in [0, 0.05) is 5.56 Å². The molecule has 0 fully saturated rings. The van der Waals surface area contributed by atoms with Gasteiger partial charge < -0.3 is 4.98 Å². The third kappa shape index (κ3) is 5.13. The zero-order chi connectivity index (χ0) is 28.3. The molecule has 0 aliphatic rings. The highest BCUT2D eigenvalue weighted by molar-refractivity contribution is 7.92. The molecule has 0 radical (unpaired) electrons. The number of hydrogen-bond donors (Lipinski definition) is 2. The molecule has 2 N–H and O–H groups in total. The van der Waals surface area contributed by atoms with E-state index in [1.807, 2.05) is 0 Å². The number of fused-ring (bicyclic) bond motifs is 2. The number of nitrogens with zero attached hydrogens (tertiary/aromatic N) is 1. The van der Waals surface area contributed by atoms with Crippen LogP contribution in [0.4, 0.5) is 36.4 Å². The lowest BCUT2D eigenvalue weighted by Gasteiger charge is -2.12. The highest BCUT2D eigenvalue weighted by atomic mass is 32.2. The van der Waals surface area contributed by atoms with Crippen LogP contribution < -0.4 is 4.72 Å². The number of sulfonamides is 1. The SMILES string of the molecule is CS(=O)(=O)Nc1ccc(-c2ccc(-c3nc4c(C(F)(F)F)cc(C(F)(F)F)cc4[nH]3)c3ccccc23)cc1F. The quantitative estimate of drug-likeness (QED) is 0.220. The Hall–Kier alpha value is -4.13. The Morgan fingerprint density at radius 2 is 1.46 bits per heavy atom. The Morgan fingerprint density at radius 3 is 2.05 bits per heavy atom. The third-order valence-electron chi connectivity index (χ3n) is 5.97. The summed E-state index contributed by atoms with van der Waals surface area (Å²) in [4.78, 5) is 6.61. The van der Waals surface area contributed by atoms with E-state index in [1.54, 1.807) is 30.3 Å². The van der Waals surface area contributed by atoms with Gasteiger partial charge in [-0.05, 0) is 52.2 Å². The Bertz CT molecular complexity index is 1860. The maximum absolute atomic E-state index is 14.7. The standard InChI is InChI=1S/C26H16F7N3O2S/c1-39(37,38)36-21-9-6-13(10-20(21)27)15-7-8-18(17-5-3-2-4-16(15)17)24-34-22-12-14(25(28,29)30)11-19(23(22)35-24)26(31,32)33/h2-12,36H,1H3,(H,34,35). The highest BCUT2D eigenvalue weighted by Gasteiger charge is 2.39. The second kappa shape index (κ2) is 8.97.